The fraction of sp³-hybridized carbons (Fsp3) is 0.417. The van der Waals surface area contributed by atoms with E-state index in [9.17, 15) is 18.0 Å². The second-order valence-corrected chi connectivity index (χ2v) is 10.5. The van der Waals surface area contributed by atoms with Gasteiger partial charge < -0.3 is 10.2 Å². The van der Waals surface area contributed by atoms with Gasteiger partial charge in [0.15, 0.2) is 0 Å². The van der Waals surface area contributed by atoms with Gasteiger partial charge in [0.05, 0.1) is 4.90 Å². The molecule has 0 aromatic heterocycles. The number of hydrogen-bond donors (Lipinski definition) is 1. The third kappa shape index (κ3) is 4.42. The van der Waals surface area contributed by atoms with E-state index in [1.165, 1.54) is 11.2 Å². The number of piperidine rings is 1. The molecule has 0 aliphatic carbocycles. The highest BCUT2D eigenvalue weighted by Crippen LogP contribution is 2.32. The lowest BCUT2D eigenvalue weighted by Crippen LogP contribution is -2.41. The maximum atomic E-state index is 13.2. The number of anilines is 2. The Hall–Kier alpha value is -2.71. The van der Waals surface area contributed by atoms with Gasteiger partial charge >= 0.3 is 0 Å². The standard InChI is InChI=1S/C24H29N3O4S/c1-17-6-3-4-8-22(17)25-24(29)19-11-14-26(15-12-19)32(30,31)21-9-10-23-20(16-21)7-5-13-27(23)18(2)28/h3-4,6,8-10,16,19H,5,7,11-15H2,1-2H3,(H,25,29). The molecule has 0 spiro atoms. The van der Waals surface area contributed by atoms with Crippen LogP contribution >= 0.6 is 0 Å². The van der Waals surface area contributed by atoms with Crippen LogP contribution in [0.2, 0.25) is 0 Å². The Kier molecular flexibility index (Phi) is 6.35. The van der Waals surface area contributed by atoms with E-state index in [1.54, 1.807) is 23.1 Å². The zero-order chi connectivity index (χ0) is 22.9. The number of sulfonamides is 1. The van der Waals surface area contributed by atoms with Crippen molar-refractivity contribution in [2.45, 2.75) is 44.4 Å². The highest BCUT2D eigenvalue weighted by Gasteiger charge is 2.33. The topological polar surface area (TPSA) is 86.8 Å². The van der Waals surface area contributed by atoms with E-state index < -0.39 is 10.0 Å². The normalized spacial score (nSPS) is 17.6. The number of fused-ring (bicyclic) bond motifs is 1. The zero-order valence-electron chi connectivity index (χ0n) is 18.5. The predicted octanol–water partition coefficient (Wildman–Crippen LogP) is 3.33. The number of amides is 2. The first-order valence-electron chi connectivity index (χ1n) is 11.0. The van der Waals surface area contributed by atoms with Crippen molar-refractivity contribution < 1.29 is 18.0 Å². The van der Waals surface area contributed by atoms with Gasteiger partial charge in [0.25, 0.3) is 0 Å². The highest BCUT2D eigenvalue weighted by atomic mass is 32.2. The SMILES string of the molecule is CC(=O)N1CCCc2cc(S(=O)(=O)N3CCC(C(=O)Nc4ccccc4C)CC3)ccc21. The number of rotatable bonds is 4. The number of para-hydroxylation sites is 1. The summed E-state index contributed by atoms with van der Waals surface area (Å²) in [5, 5.41) is 2.97. The van der Waals surface area contributed by atoms with Crippen molar-refractivity contribution in [3.05, 3.63) is 53.6 Å². The summed E-state index contributed by atoms with van der Waals surface area (Å²) >= 11 is 0. The molecule has 0 saturated carbocycles. The van der Waals surface area contributed by atoms with E-state index in [0.717, 1.165) is 35.3 Å². The van der Waals surface area contributed by atoms with Gasteiger partial charge in [-0.05, 0) is 68.0 Å². The Balaban J connectivity index is 1.43. The van der Waals surface area contributed by atoms with Gasteiger partial charge in [-0.2, -0.15) is 4.31 Å². The molecule has 0 atom stereocenters. The molecule has 0 radical (unpaired) electrons. The number of aryl methyl sites for hydroxylation is 2. The summed E-state index contributed by atoms with van der Waals surface area (Å²) in [5.41, 5.74) is 3.48. The molecular weight excluding hydrogens is 426 g/mol. The number of carbonyl (C=O) groups excluding carboxylic acids is 2. The molecule has 2 aliphatic heterocycles. The van der Waals surface area contributed by atoms with Crippen molar-refractivity contribution in [1.82, 2.24) is 4.31 Å². The van der Waals surface area contributed by atoms with E-state index in [0.29, 0.717) is 32.5 Å². The highest BCUT2D eigenvalue weighted by molar-refractivity contribution is 7.89. The van der Waals surface area contributed by atoms with Crippen molar-refractivity contribution in [3.63, 3.8) is 0 Å². The molecule has 32 heavy (non-hydrogen) atoms. The Labute approximate surface area is 189 Å². The molecule has 7 nitrogen and oxygen atoms in total. The first-order valence-corrected chi connectivity index (χ1v) is 12.5. The number of nitrogens with one attached hydrogen (secondary N) is 1. The van der Waals surface area contributed by atoms with Crippen LogP contribution in [0.4, 0.5) is 11.4 Å². The van der Waals surface area contributed by atoms with Crippen LogP contribution in [0, 0.1) is 12.8 Å². The van der Waals surface area contributed by atoms with Crippen LogP contribution in [0.5, 0.6) is 0 Å². The molecule has 1 saturated heterocycles. The van der Waals surface area contributed by atoms with Crippen molar-refractivity contribution >= 4 is 33.2 Å². The molecule has 1 fully saturated rings. The predicted molar refractivity (Wildman–Crippen MR) is 124 cm³/mol. The van der Waals surface area contributed by atoms with Gasteiger partial charge in [-0.15, -0.1) is 0 Å². The Morgan fingerprint density at radius 3 is 2.44 bits per heavy atom. The van der Waals surface area contributed by atoms with Gasteiger partial charge in [0, 0.05) is 43.9 Å². The van der Waals surface area contributed by atoms with Gasteiger partial charge in [-0.3, -0.25) is 9.59 Å². The van der Waals surface area contributed by atoms with Gasteiger partial charge in [0.1, 0.15) is 0 Å². The van der Waals surface area contributed by atoms with Crippen LogP contribution in [0.1, 0.15) is 37.3 Å². The minimum atomic E-state index is -3.65. The third-order valence-corrected chi connectivity index (χ3v) is 8.31. The maximum Gasteiger partial charge on any atom is 0.243 e. The Morgan fingerprint density at radius 2 is 1.75 bits per heavy atom. The molecule has 2 amide bonds. The first-order chi connectivity index (χ1) is 15.3. The Morgan fingerprint density at radius 1 is 1.03 bits per heavy atom. The van der Waals surface area contributed by atoms with Crippen LogP contribution in [0.15, 0.2) is 47.4 Å². The summed E-state index contributed by atoms with van der Waals surface area (Å²) in [4.78, 5) is 26.5. The van der Waals surface area contributed by atoms with E-state index >= 15 is 0 Å². The van der Waals surface area contributed by atoms with Crippen LogP contribution < -0.4 is 10.2 Å². The molecule has 2 aromatic rings. The molecule has 1 N–H and O–H groups in total. The number of benzene rings is 2. The van der Waals surface area contributed by atoms with Gasteiger partial charge in [-0.25, -0.2) is 8.42 Å². The van der Waals surface area contributed by atoms with Crippen LogP contribution in [0.25, 0.3) is 0 Å². The molecule has 2 aromatic carbocycles. The minimum Gasteiger partial charge on any atom is -0.326 e. The number of hydrogen-bond acceptors (Lipinski definition) is 4. The van der Waals surface area contributed by atoms with Crippen molar-refractivity contribution in [1.29, 1.82) is 0 Å². The molecule has 2 aliphatic rings. The number of nitrogens with zero attached hydrogens (tertiary/aromatic N) is 2. The summed E-state index contributed by atoms with van der Waals surface area (Å²) in [6.45, 7) is 4.75. The molecule has 0 bridgehead atoms. The van der Waals surface area contributed by atoms with Crippen molar-refractivity contribution in [2.75, 3.05) is 29.9 Å². The van der Waals surface area contributed by atoms with Crippen LogP contribution in [-0.2, 0) is 26.0 Å². The smallest absolute Gasteiger partial charge is 0.243 e. The summed E-state index contributed by atoms with van der Waals surface area (Å²) in [6.07, 6.45) is 2.54. The minimum absolute atomic E-state index is 0.0346. The maximum absolute atomic E-state index is 13.2. The average Bonchev–Trinajstić information content (AvgIpc) is 2.79. The van der Waals surface area contributed by atoms with Crippen molar-refractivity contribution in [3.8, 4) is 0 Å². The molecular formula is C24H29N3O4S. The third-order valence-electron chi connectivity index (χ3n) is 6.42. The quantitative estimate of drug-likeness (QED) is 0.766. The summed E-state index contributed by atoms with van der Waals surface area (Å²) in [6, 6.07) is 12.7. The number of carbonyl (C=O) groups is 2. The van der Waals surface area contributed by atoms with Crippen molar-refractivity contribution in [2.24, 2.45) is 5.92 Å². The lowest BCUT2D eigenvalue weighted by molar-refractivity contribution is -0.121. The zero-order valence-corrected chi connectivity index (χ0v) is 19.3. The summed E-state index contributed by atoms with van der Waals surface area (Å²) in [7, 11) is -3.65. The fourth-order valence-corrected chi connectivity index (χ4v) is 6.04. The largest absolute Gasteiger partial charge is 0.326 e. The monoisotopic (exact) mass is 455 g/mol. The lowest BCUT2D eigenvalue weighted by Gasteiger charge is -2.32. The molecule has 2 heterocycles. The first kappa shape index (κ1) is 22.5. The van der Waals surface area contributed by atoms with Crippen LogP contribution in [-0.4, -0.2) is 44.2 Å². The van der Waals surface area contributed by atoms with Gasteiger partial charge in [-0.1, -0.05) is 18.2 Å². The second kappa shape index (κ2) is 9.03. The molecule has 4 rings (SSSR count). The summed E-state index contributed by atoms with van der Waals surface area (Å²) < 4.78 is 28.0. The van der Waals surface area contributed by atoms with E-state index in [-0.39, 0.29) is 22.6 Å². The Bertz CT molecular complexity index is 1140. The fourth-order valence-electron chi connectivity index (χ4n) is 4.52. The lowest BCUT2D eigenvalue weighted by atomic mass is 9.97. The van der Waals surface area contributed by atoms with Gasteiger partial charge in [0.2, 0.25) is 21.8 Å². The van der Waals surface area contributed by atoms with E-state index in [2.05, 4.69) is 5.32 Å². The average molecular weight is 456 g/mol. The second-order valence-electron chi connectivity index (χ2n) is 8.55. The molecule has 8 heteroatoms. The van der Waals surface area contributed by atoms with Crippen LogP contribution in [0.3, 0.4) is 0 Å². The molecule has 170 valence electrons. The van der Waals surface area contributed by atoms with E-state index in [4.69, 9.17) is 0 Å². The molecule has 0 unspecified atom stereocenters. The summed E-state index contributed by atoms with van der Waals surface area (Å²) in [5.74, 6) is -0.309. The van der Waals surface area contributed by atoms with E-state index in [1.807, 2.05) is 31.2 Å².